The summed E-state index contributed by atoms with van der Waals surface area (Å²) in [6.07, 6.45) is 5.91. The largest absolute Gasteiger partial charge is 0.310 e. The topological polar surface area (TPSA) is 24.9 Å². The summed E-state index contributed by atoms with van der Waals surface area (Å²) in [7, 11) is 0. The molecular formula is C18H24N2S. The third kappa shape index (κ3) is 5.18. The lowest BCUT2D eigenvalue weighted by Crippen LogP contribution is -2.24. The highest BCUT2D eigenvalue weighted by atomic mass is 32.2. The SMILES string of the molecule is CCCNC(Cc1cccnc1)c1ccc(SCC)cc1. The lowest BCUT2D eigenvalue weighted by Gasteiger charge is -2.19. The second kappa shape index (κ2) is 8.85. The molecule has 2 rings (SSSR count). The van der Waals surface area contributed by atoms with Gasteiger partial charge in [-0.3, -0.25) is 4.98 Å². The normalized spacial score (nSPS) is 12.3. The third-order valence-corrected chi connectivity index (χ3v) is 4.29. The van der Waals surface area contributed by atoms with Crippen LogP contribution in [0.5, 0.6) is 0 Å². The lowest BCUT2D eigenvalue weighted by molar-refractivity contribution is 0.528. The van der Waals surface area contributed by atoms with E-state index in [0.717, 1.165) is 25.1 Å². The number of nitrogens with zero attached hydrogens (tertiary/aromatic N) is 1. The Morgan fingerprint density at radius 1 is 1.14 bits per heavy atom. The zero-order chi connectivity index (χ0) is 14.9. The number of pyridine rings is 1. The molecule has 0 fully saturated rings. The molecule has 1 heterocycles. The van der Waals surface area contributed by atoms with Gasteiger partial charge in [0.15, 0.2) is 0 Å². The van der Waals surface area contributed by atoms with Gasteiger partial charge >= 0.3 is 0 Å². The second-order valence-electron chi connectivity index (χ2n) is 5.07. The molecule has 1 unspecified atom stereocenters. The lowest BCUT2D eigenvalue weighted by atomic mass is 10.00. The van der Waals surface area contributed by atoms with Gasteiger partial charge in [0.25, 0.3) is 0 Å². The van der Waals surface area contributed by atoms with Gasteiger partial charge in [-0.05, 0) is 54.5 Å². The van der Waals surface area contributed by atoms with Gasteiger partial charge in [-0.15, -0.1) is 11.8 Å². The number of rotatable bonds is 8. The quantitative estimate of drug-likeness (QED) is 0.728. The summed E-state index contributed by atoms with van der Waals surface area (Å²) in [6, 6.07) is 13.5. The maximum atomic E-state index is 4.22. The fourth-order valence-electron chi connectivity index (χ4n) is 2.34. The zero-order valence-corrected chi connectivity index (χ0v) is 13.7. The third-order valence-electron chi connectivity index (χ3n) is 3.40. The van der Waals surface area contributed by atoms with Crippen LogP contribution in [0.2, 0.25) is 0 Å². The summed E-state index contributed by atoms with van der Waals surface area (Å²) in [4.78, 5) is 5.56. The van der Waals surface area contributed by atoms with Gasteiger partial charge < -0.3 is 5.32 Å². The van der Waals surface area contributed by atoms with Crippen LogP contribution in [0.25, 0.3) is 0 Å². The van der Waals surface area contributed by atoms with Gasteiger partial charge in [-0.1, -0.05) is 32.0 Å². The number of hydrogen-bond acceptors (Lipinski definition) is 3. The van der Waals surface area contributed by atoms with E-state index in [-0.39, 0.29) is 0 Å². The van der Waals surface area contributed by atoms with Gasteiger partial charge in [0.1, 0.15) is 0 Å². The van der Waals surface area contributed by atoms with E-state index in [1.165, 1.54) is 16.0 Å². The molecule has 21 heavy (non-hydrogen) atoms. The van der Waals surface area contributed by atoms with E-state index in [4.69, 9.17) is 0 Å². The second-order valence-corrected chi connectivity index (χ2v) is 6.41. The maximum Gasteiger partial charge on any atom is 0.0361 e. The molecule has 0 saturated heterocycles. The van der Waals surface area contributed by atoms with E-state index in [1.54, 1.807) is 0 Å². The van der Waals surface area contributed by atoms with Crippen molar-refractivity contribution in [3.63, 3.8) is 0 Å². The van der Waals surface area contributed by atoms with Crippen LogP contribution in [-0.4, -0.2) is 17.3 Å². The van der Waals surface area contributed by atoms with Crippen molar-refractivity contribution in [2.24, 2.45) is 0 Å². The molecule has 0 saturated carbocycles. The molecule has 0 radical (unpaired) electrons. The molecule has 3 heteroatoms. The minimum Gasteiger partial charge on any atom is -0.310 e. The molecule has 0 aliphatic rings. The summed E-state index contributed by atoms with van der Waals surface area (Å²) in [5.41, 5.74) is 2.63. The maximum absolute atomic E-state index is 4.22. The smallest absolute Gasteiger partial charge is 0.0361 e. The Morgan fingerprint density at radius 3 is 2.57 bits per heavy atom. The highest BCUT2D eigenvalue weighted by Gasteiger charge is 2.11. The molecule has 2 aromatic rings. The van der Waals surface area contributed by atoms with Crippen LogP contribution in [0.3, 0.4) is 0 Å². The molecule has 1 atom stereocenters. The first-order valence-corrected chi connectivity index (χ1v) is 8.67. The van der Waals surface area contributed by atoms with E-state index in [2.05, 4.69) is 54.5 Å². The van der Waals surface area contributed by atoms with E-state index >= 15 is 0 Å². The standard InChI is InChI=1S/C18H24N2S/c1-3-11-20-18(13-15-6-5-12-19-14-15)16-7-9-17(10-8-16)21-4-2/h5-10,12,14,18,20H,3-4,11,13H2,1-2H3. The molecule has 1 aromatic carbocycles. The van der Waals surface area contributed by atoms with Crippen molar-refractivity contribution in [2.45, 2.75) is 37.6 Å². The van der Waals surface area contributed by atoms with Crippen LogP contribution in [0, 0.1) is 0 Å². The number of benzene rings is 1. The number of hydrogen-bond donors (Lipinski definition) is 1. The minimum atomic E-state index is 0.356. The predicted octanol–water partition coefficient (Wildman–Crippen LogP) is 4.48. The molecule has 112 valence electrons. The average Bonchev–Trinajstić information content (AvgIpc) is 2.53. The molecule has 0 spiro atoms. The first-order valence-electron chi connectivity index (χ1n) is 7.68. The Morgan fingerprint density at radius 2 is 1.95 bits per heavy atom. The van der Waals surface area contributed by atoms with Crippen molar-refractivity contribution in [3.8, 4) is 0 Å². The van der Waals surface area contributed by atoms with Crippen molar-refractivity contribution in [1.29, 1.82) is 0 Å². The number of aromatic nitrogens is 1. The fourth-order valence-corrected chi connectivity index (χ4v) is 3.01. The highest BCUT2D eigenvalue weighted by Crippen LogP contribution is 2.23. The van der Waals surface area contributed by atoms with E-state index < -0.39 is 0 Å². The molecule has 2 nitrogen and oxygen atoms in total. The Bertz CT molecular complexity index is 511. The summed E-state index contributed by atoms with van der Waals surface area (Å²) in [6.45, 7) is 5.43. The predicted molar refractivity (Wildman–Crippen MR) is 91.8 cm³/mol. The first kappa shape index (κ1) is 16.1. The van der Waals surface area contributed by atoms with Crippen molar-refractivity contribution in [2.75, 3.05) is 12.3 Å². The summed E-state index contributed by atoms with van der Waals surface area (Å²) in [5.74, 6) is 1.12. The van der Waals surface area contributed by atoms with Crippen LogP contribution in [0.4, 0.5) is 0 Å². The molecule has 0 aliphatic heterocycles. The Labute approximate surface area is 132 Å². The number of nitrogens with one attached hydrogen (secondary N) is 1. The average molecular weight is 300 g/mol. The van der Waals surface area contributed by atoms with Crippen LogP contribution in [-0.2, 0) is 6.42 Å². The monoisotopic (exact) mass is 300 g/mol. The minimum absolute atomic E-state index is 0.356. The molecular weight excluding hydrogens is 276 g/mol. The van der Waals surface area contributed by atoms with E-state index in [0.29, 0.717) is 6.04 Å². The fraction of sp³-hybridized carbons (Fsp3) is 0.389. The van der Waals surface area contributed by atoms with Gasteiger partial charge in [0, 0.05) is 23.3 Å². The van der Waals surface area contributed by atoms with Crippen molar-refractivity contribution in [1.82, 2.24) is 10.3 Å². The number of thioether (sulfide) groups is 1. The molecule has 1 aromatic heterocycles. The van der Waals surface area contributed by atoms with E-state index in [9.17, 15) is 0 Å². The van der Waals surface area contributed by atoms with Crippen LogP contribution < -0.4 is 5.32 Å². The van der Waals surface area contributed by atoms with Crippen LogP contribution in [0.15, 0.2) is 53.7 Å². The van der Waals surface area contributed by atoms with Gasteiger partial charge in [0.2, 0.25) is 0 Å². The van der Waals surface area contributed by atoms with Gasteiger partial charge in [-0.2, -0.15) is 0 Å². The Kier molecular flexibility index (Phi) is 6.77. The van der Waals surface area contributed by atoms with Gasteiger partial charge in [0.05, 0.1) is 0 Å². The summed E-state index contributed by atoms with van der Waals surface area (Å²) >= 11 is 1.89. The summed E-state index contributed by atoms with van der Waals surface area (Å²) in [5, 5.41) is 3.65. The van der Waals surface area contributed by atoms with Crippen LogP contribution in [0.1, 0.15) is 37.4 Å². The first-order chi connectivity index (χ1) is 10.3. The Hall–Kier alpha value is -1.32. The van der Waals surface area contributed by atoms with Crippen molar-refractivity contribution in [3.05, 3.63) is 59.9 Å². The molecule has 1 N–H and O–H groups in total. The summed E-state index contributed by atoms with van der Waals surface area (Å²) < 4.78 is 0. The Balaban J connectivity index is 2.11. The highest BCUT2D eigenvalue weighted by molar-refractivity contribution is 7.99. The van der Waals surface area contributed by atoms with Crippen molar-refractivity contribution < 1.29 is 0 Å². The van der Waals surface area contributed by atoms with Crippen LogP contribution >= 0.6 is 11.8 Å². The molecule has 0 aliphatic carbocycles. The van der Waals surface area contributed by atoms with Crippen molar-refractivity contribution >= 4 is 11.8 Å². The van der Waals surface area contributed by atoms with E-state index in [1.807, 2.05) is 30.2 Å². The zero-order valence-electron chi connectivity index (χ0n) is 12.9. The van der Waals surface area contributed by atoms with Gasteiger partial charge in [-0.25, -0.2) is 0 Å². The molecule has 0 bridgehead atoms. The molecule has 0 amide bonds.